The van der Waals surface area contributed by atoms with Gasteiger partial charge in [-0.2, -0.15) is 5.26 Å². The fourth-order valence-corrected chi connectivity index (χ4v) is 2.66. The van der Waals surface area contributed by atoms with Crippen LogP contribution in [-0.2, 0) is 13.6 Å². The summed E-state index contributed by atoms with van der Waals surface area (Å²) >= 11 is 0. The highest BCUT2D eigenvalue weighted by Crippen LogP contribution is 2.25. The summed E-state index contributed by atoms with van der Waals surface area (Å²) in [6.07, 6.45) is 6.15. The molecule has 3 rings (SSSR count). The second kappa shape index (κ2) is 5.97. The van der Waals surface area contributed by atoms with E-state index < -0.39 is 0 Å². The van der Waals surface area contributed by atoms with Crippen molar-refractivity contribution in [2.45, 2.75) is 19.9 Å². The van der Waals surface area contributed by atoms with Crippen LogP contribution in [0.2, 0.25) is 0 Å². The van der Waals surface area contributed by atoms with Crippen molar-refractivity contribution in [3.63, 3.8) is 0 Å². The molecule has 1 N–H and O–H groups in total. The fraction of sp³-hybridized carbons (Fsp3) is 0.235. The van der Waals surface area contributed by atoms with E-state index in [-0.39, 0.29) is 5.91 Å². The number of hydrogen-bond acceptors (Lipinski definition) is 3. The van der Waals surface area contributed by atoms with Crippen molar-refractivity contribution in [2.24, 2.45) is 7.05 Å². The van der Waals surface area contributed by atoms with E-state index in [0.29, 0.717) is 17.1 Å². The van der Waals surface area contributed by atoms with Gasteiger partial charge in [-0.15, -0.1) is 0 Å². The zero-order chi connectivity index (χ0) is 16.4. The highest BCUT2D eigenvalue weighted by atomic mass is 16.2. The number of benzene rings is 1. The van der Waals surface area contributed by atoms with Gasteiger partial charge in [-0.05, 0) is 24.6 Å². The summed E-state index contributed by atoms with van der Waals surface area (Å²) in [6.45, 7) is 2.95. The van der Waals surface area contributed by atoms with Gasteiger partial charge in [0, 0.05) is 48.8 Å². The molecule has 0 fully saturated rings. The number of nitrogens with one attached hydrogen (secondary N) is 1. The molecule has 23 heavy (non-hydrogen) atoms. The third-order valence-electron chi connectivity index (χ3n) is 3.75. The average molecular weight is 307 g/mol. The Morgan fingerprint density at radius 1 is 1.43 bits per heavy atom. The molecule has 0 saturated heterocycles. The second-order valence-electron chi connectivity index (χ2n) is 5.40. The van der Waals surface area contributed by atoms with Crippen molar-refractivity contribution in [1.82, 2.24) is 14.1 Å². The molecule has 2 aromatic heterocycles. The van der Waals surface area contributed by atoms with Gasteiger partial charge in [0.2, 0.25) is 0 Å². The molecule has 6 nitrogen and oxygen atoms in total. The molecule has 1 amide bonds. The van der Waals surface area contributed by atoms with E-state index in [1.54, 1.807) is 24.0 Å². The number of carbonyl (C=O) groups excluding carboxylic acids is 1. The summed E-state index contributed by atoms with van der Waals surface area (Å²) < 4.78 is 3.73. The monoisotopic (exact) mass is 307 g/mol. The molecule has 6 heteroatoms. The summed E-state index contributed by atoms with van der Waals surface area (Å²) in [4.78, 5) is 16.3. The van der Waals surface area contributed by atoms with E-state index in [1.807, 2.05) is 24.4 Å². The first-order valence-electron chi connectivity index (χ1n) is 7.45. The number of aryl methyl sites for hydroxylation is 2. The third kappa shape index (κ3) is 2.69. The lowest BCUT2D eigenvalue weighted by Gasteiger charge is -2.07. The van der Waals surface area contributed by atoms with Crippen molar-refractivity contribution < 1.29 is 4.79 Å². The highest BCUT2D eigenvalue weighted by Gasteiger charge is 2.13. The van der Waals surface area contributed by atoms with Crippen LogP contribution in [0.5, 0.6) is 0 Å². The molecular formula is C17H17N5O. The quantitative estimate of drug-likeness (QED) is 0.805. The van der Waals surface area contributed by atoms with E-state index in [0.717, 1.165) is 23.9 Å². The Bertz CT molecular complexity index is 913. The van der Waals surface area contributed by atoms with E-state index in [9.17, 15) is 10.1 Å². The Hall–Kier alpha value is -3.07. The molecule has 0 saturated carbocycles. The number of carbonyl (C=O) groups is 1. The van der Waals surface area contributed by atoms with Gasteiger partial charge in [-0.1, -0.05) is 6.92 Å². The van der Waals surface area contributed by atoms with Gasteiger partial charge in [0.15, 0.2) is 5.82 Å². The van der Waals surface area contributed by atoms with Gasteiger partial charge in [0.1, 0.15) is 6.07 Å². The summed E-state index contributed by atoms with van der Waals surface area (Å²) in [5, 5.41) is 13.0. The zero-order valence-electron chi connectivity index (χ0n) is 13.1. The minimum atomic E-state index is -0.275. The molecule has 1 aromatic carbocycles. The van der Waals surface area contributed by atoms with Crippen LogP contribution in [0.4, 0.5) is 5.69 Å². The van der Waals surface area contributed by atoms with Crippen LogP contribution in [0.25, 0.3) is 10.9 Å². The normalized spacial score (nSPS) is 10.7. The Morgan fingerprint density at radius 2 is 2.26 bits per heavy atom. The van der Waals surface area contributed by atoms with Gasteiger partial charge in [-0.3, -0.25) is 4.79 Å². The maximum atomic E-state index is 12.2. The molecule has 116 valence electrons. The van der Waals surface area contributed by atoms with E-state index >= 15 is 0 Å². The molecule has 0 spiro atoms. The van der Waals surface area contributed by atoms with Crippen molar-refractivity contribution >= 4 is 22.5 Å². The number of imidazole rings is 1. The number of nitriles is 1. The molecule has 0 aliphatic rings. The fourth-order valence-electron chi connectivity index (χ4n) is 2.66. The van der Waals surface area contributed by atoms with Crippen LogP contribution < -0.4 is 5.32 Å². The third-order valence-corrected chi connectivity index (χ3v) is 3.75. The number of hydrogen-bond donors (Lipinski definition) is 1. The molecule has 2 heterocycles. The lowest BCUT2D eigenvalue weighted by atomic mass is 10.1. The lowest BCUT2D eigenvalue weighted by molar-refractivity contribution is 0.101. The topological polar surface area (TPSA) is 75.6 Å². The largest absolute Gasteiger partial charge is 0.346 e. The van der Waals surface area contributed by atoms with Gasteiger partial charge >= 0.3 is 0 Å². The Labute approximate surface area is 134 Å². The Morgan fingerprint density at radius 3 is 2.91 bits per heavy atom. The van der Waals surface area contributed by atoms with Gasteiger partial charge < -0.3 is 14.5 Å². The lowest BCUT2D eigenvalue weighted by Crippen LogP contribution is -2.16. The molecule has 0 atom stereocenters. The summed E-state index contributed by atoms with van der Waals surface area (Å²) in [5.74, 6) is 0.0671. The van der Waals surface area contributed by atoms with Crippen molar-refractivity contribution in [3.8, 4) is 6.07 Å². The molecule has 0 radical (unpaired) electrons. The van der Waals surface area contributed by atoms with Crippen LogP contribution in [-0.4, -0.2) is 20.0 Å². The van der Waals surface area contributed by atoms with Crippen LogP contribution in [0.1, 0.15) is 29.5 Å². The molecule has 0 aliphatic carbocycles. The van der Waals surface area contributed by atoms with Crippen LogP contribution in [0.3, 0.4) is 0 Å². The predicted molar refractivity (Wildman–Crippen MR) is 88.1 cm³/mol. The Balaban J connectivity index is 1.96. The minimum absolute atomic E-state index is 0.275. The number of anilines is 1. The summed E-state index contributed by atoms with van der Waals surface area (Å²) in [5.41, 5.74) is 2.26. The van der Waals surface area contributed by atoms with E-state index in [4.69, 9.17) is 0 Å². The van der Waals surface area contributed by atoms with Crippen molar-refractivity contribution in [1.29, 1.82) is 5.26 Å². The first-order valence-corrected chi connectivity index (χ1v) is 7.45. The maximum Gasteiger partial charge on any atom is 0.291 e. The number of fused-ring (bicyclic) bond motifs is 1. The van der Waals surface area contributed by atoms with Crippen LogP contribution >= 0.6 is 0 Å². The van der Waals surface area contributed by atoms with Gasteiger partial charge in [0.05, 0.1) is 5.56 Å². The molecule has 0 unspecified atom stereocenters. The number of nitrogens with zero attached hydrogens (tertiary/aromatic N) is 4. The predicted octanol–water partition coefficient (Wildman–Crippen LogP) is 2.91. The van der Waals surface area contributed by atoms with Crippen molar-refractivity contribution in [2.75, 3.05) is 5.32 Å². The van der Waals surface area contributed by atoms with E-state index in [1.165, 1.54) is 0 Å². The zero-order valence-corrected chi connectivity index (χ0v) is 13.1. The number of amides is 1. The SMILES string of the molecule is CCCn1cc(C#N)c2cc(NC(=O)c3nccn3C)ccc21. The van der Waals surface area contributed by atoms with Gasteiger partial charge in [0.25, 0.3) is 5.91 Å². The smallest absolute Gasteiger partial charge is 0.291 e. The molecule has 3 aromatic rings. The first-order chi connectivity index (χ1) is 11.1. The Kier molecular flexibility index (Phi) is 3.85. The second-order valence-corrected chi connectivity index (χ2v) is 5.40. The summed E-state index contributed by atoms with van der Waals surface area (Å²) in [7, 11) is 1.77. The highest BCUT2D eigenvalue weighted by molar-refractivity contribution is 6.03. The average Bonchev–Trinajstić information content (AvgIpc) is 3.11. The maximum absolute atomic E-state index is 12.2. The number of aromatic nitrogens is 3. The number of rotatable bonds is 4. The summed E-state index contributed by atoms with van der Waals surface area (Å²) in [6, 6.07) is 7.82. The van der Waals surface area contributed by atoms with Gasteiger partial charge in [-0.25, -0.2) is 4.98 Å². The minimum Gasteiger partial charge on any atom is -0.346 e. The van der Waals surface area contributed by atoms with Crippen LogP contribution in [0.15, 0.2) is 36.8 Å². The molecular weight excluding hydrogens is 290 g/mol. The molecule has 0 aliphatic heterocycles. The molecule has 0 bridgehead atoms. The van der Waals surface area contributed by atoms with Crippen LogP contribution in [0, 0.1) is 11.3 Å². The first kappa shape index (κ1) is 14.9. The standard InChI is InChI=1S/C17H17N5O/c1-3-7-22-11-12(10-18)14-9-13(4-5-15(14)22)20-17(23)16-19-6-8-21(16)2/h4-6,8-9,11H,3,7H2,1-2H3,(H,20,23). The van der Waals surface area contributed by atoms with E-state index in [2.05, 4.69) is 27.9 Å². The van der Waals surface area contributed by atoms with Crippen molar-refractivity contribution in [3.05, 3.63) is 48.2 Å².